The van der Waals surface area contributed by atoms with E-state index >= 15 is 0 Å². The Morgan fingerprint density at radius 2 is 1.92 bits per heavy atom. The van der Waals surface area contributed by atoms with Crippen LogP contribution in [0.2, 0.25) is 0 Å². The number of hydrogen-bond donors (Lipinski definition) is 0. The molecule has 6 heteroatoms. The standard InChI is InChI=1S/C19H21N3O3/c1-2-24-17-6-8-18(9-7-17)25-15-19(23)22(12-4-10-20)14-16-5-3-11-21-13-16/h3,5-9,11,13H,2,4,12,14-15H2,1H3. The minimum absolute atomic E-state index is 0.0837. The van der Waals surface area contributed by atoms with Crippen LogP contribution in [0, 0.1) is 11.3 Å². The third-order valence-electron chi connectivity index (χ3n) is 3.44. The Kier molecular flexibility index (Phi) is 7.26. The second kappa shape index (κ2) is 9.93. The molecule has 0 spiro atoms. The lowest BCUT2D eigenvalue weighted by Gasteiger charge is -2.21. The second-order valence-electron chi connectivity index (χ2n) is 5.28. The molecular weight excluding hydrogens is 318 g/mol. The van der Waals surface area contributed by atoms with Gasteiger partial charge in [0.1, 0.15) is 11.5 Å². The Morgan fingerprint density at radius 3 is 2.52 bits per heavy atom. The van der Waals surface area contributed by atoms with E-state index in [9.17, 15) is 4.79 Å². The third kappa shape index (κ3) is 6.15. The van der Waals surface area contributed by atoms with Crippen LogP contribution in [0.15, 0.2) is 48.8 Å². The SMILES string of the molecule is CCOc1ccc(OCC(=O)N(CCC#N)Cc2cccnc2)cc1. The van der Waals surface area contributed by atoms with Gasteiger partial charge in [0.2, 0.25) is 0 Å². The molecule has 0 fully saturated rings. The van der Waals surface area contributed by atoms with Crippen molar-refractivity contribution < 1.29 is 14.3 Å². The van der Waals surface area contributed by atoms with Gasteiger partial charge in [-0.3, -0.25) is 9.78 Å². The van der Waals surface area contributed by atoms with Crippen LogP contribution >= 0.6 is 0 Å². The molecule has 1 aromatic heterocycles. The number of benzene rings is 1. The summed E-state index contributed by atoms with van der Waals surface area (Å²) in [6.45, 7) is 3.19. The number of nitrogens with zero attached hydrogens (tertiary/aromatic N) is 3. The summed E-state index contributed by atoms with van der Waals surface area (Å²) in [5.74, 6) is 1.18. The van der Waals surface area contributed by atoms with Gasteiger partial charge in [-0.15, -0.1) is 0 Å². The van der Waals surface area contributed by atoms with Gasteiger partial charge in [-0.05, 0) is 42.8 Å². The third-order valence-corrected chi connectivity index (χ3v) is 3.44. The van der Waals surface area contributed by atoms with E-state index in [1.807, 2.05) is 19.1 Å². The summed E-state index contributed by atoms with van der Waals surface area (Å²) >= 11 is 0. The Bertz CT molecular complexity index is 696. The van der Waals surface area contributed by atoms with Gasteiger partial charge in [-0.25, -0.2) is 0 Å². The quantitative estimate of drug-likeness (QED) is 0.702. The van der Waals surface area contributed by atoms with Crippen molar-refractivity contribution in [3.05, 3.63) is 54.4 Å². The molecule has 0 atom stereocenters. The first-order valence-electron chi connectivity index (χ1n) is 8.12. The number of pyridine rings is 1. The normalized spacial score (nSPS) is 9.92. The average Bonchev–Trinajstić information content (AvgIpc) is 2.65. The average molecular weight is 339 g/mol. The molecule has 1 heterocycles. The molecule has 0 N–H and O–H groups in total. The fraction of sp³-hybridized carbons (Fsp3) is 0.316. The van der Waals surface area contributed by atoms with Gasteiger partial charge >= 0.3 is 0 Å². The highest BCUT2D eigenvalue weighted by Crippen LogP contribution is 2.17. The van der Waals surface area contributed by atoms with Crippen LogP contribution in [-0.4, -0.2) is 35.5 Å². The lowest BCUT2D eigenvalue weighted by atomic mass is 10.2. The van der Waals surface area contributed by atoms with Crippen LogP contribution in [0.3, 0.4) is 0 Å². The Balaban J connectivity index is 1.93. The molecule has 0 aliphatic heterocycles. The maximum Gasteiger partial charge on any atom is 0.260 e. The summed E-state index contributed by atoms with van der Waals surface area (Å²) in [5.41, 5.74) is 0.912. The fourth-order valence-electron chi connectivity index (χ4n) is 2.22. The van der Waals surface area contributed by atoms with Gasteiger partial charge in [0.25, 0.3) is 5.91 Å². The van der Waals surface area contributed by atoms with Crippen molar-refractivity contribution in [2.45, 2.75) is 19.9 Å². The smallest absolute Gasteiger partial charge is 0.260 e. The zero-order valence-electron chi connectivity index (χ0n) is 14.2. The summed E-state index contributed by atoms with van der Waals surface area (Å²) in [6.07, 6.45) is 3.66. The van der Waals surface area contributed by atoms with Crippen LogP contribution in [0.1, 0.15) is 18.9 Å². The molecule has 2 aromatic rings. The summed E-state index contributed by atoms with van der Waals surface area (Å²) in [7, 11) is 0. The van der Waals surface area contributed by atoms with E-state index < -0.39 is 0 Å². The van der Waals surface area contributed by atoms with E-state index in [2.05, 4.69) is 11.1 Å². The number of rotatable bonds is 9. The molecule has 0 bridgehead atoms. The highest BCUT2D eigenvalue weighted by atomic mass is 16.5. The molecule has 0 aliphatic rings. The van der Waals surface area contributed by atoms with Gasteiger partial charge in [-0.1, -0.05) is 6.07 Å². The van der Waals surface area contributed by atoms with Crippen molar-refractivity contribution in [1.29, 1.82) is 5.26 Å². The second-order valence-corrected chi connectivity index (χ2v) is 5.28. The number of carbonyl (C=O) groups excluding carboxylic acids is 1. The van der Waals surface area contributed by atoms with E-state index in [0.717, 1.165) is 11.3 Å². The lowest BCUT2D eigenvalue weighted by Crippen LogP contribution is -2.35. The van der Waals surface area contributed by atoms with Gasteiger partial charge in [0.15, 0.2) is 6.61 Å². The Labute approximate surface area is 147 Å². The molecule has 25 heavy (non-hydrogen) atoms. The van der Waals surface area contributed by atoms with Crippen molar-refractivity contribution in [3.63, 3.8) is 0 Å². The first-order chi connectivity index (χ1) is 12.2. The van der Waals surface area contributed by atoms with Gasteiger partial charge in [0.05, 0.1) is 19.1 Å². The van der Waals surface area contributed by atoms with E-state index in [-0.39, 0.29) is 18.9 Å². The molecule has 2 rings (SSSR count). The maximum atomic E-state index is 12.4. The monoisotopic (exact) mass is 339 g/mol. The molecule has 130 valence electrons. The molecule has 6 nitrogen and oxygen atoms in total. The maximum absolute atomic E-state index is 12.4. The van der Waals surface area contributed by atoms with Crippen LogP contribution < -0.4 is 9.47 Å². The largest absolute Gasteiger partial charge is 0.494 e. The van der Waals surface area contributed by atoms with E-state index in [1.165, 1.54) is 0 Å². The van der Waals surface area contributed by atoms with Crippen LogP contribution in [0.4, 0.5) is 0 Å². The number of aromatic nitrogens is 1. The molecule has 0 saturated heterocycles. The number of nitriles is 1. The molecular formula is C19H21N3O3. The lowest BCUT2D eigenvalue weighted by molar-refractivity contribution is -0.133. The minimum atomic E-state index is -0.173. The first kappa shape index (κ1) is 18.3. The summed E-state index contributed by atoms with van der Waals surface area (Å²) < 4.78 is 10.9. The predicted molar refractivity (Wildman–Crippen MR) is 93.0 cm³/mol. The van der Waals surface area contributed by atoms with Crippen molar-refractivity contribution in [3.8, 4) is 17.6 Å². The number of hydrogen-bond acceptors (Lipinski definition) is 5. The van der Waals surface area contributed by atoms with Gasteiger partial charge in [-0.2, -0.15) is 5.26 Å². The molecule has 1 aromatic carbocycles. The highest BCUT2D eigenvalue weighted by molar-refractivity contribution is 5.77. The minimum Gasteiger partial charge on any atom is -0.494 e. The number of ether oxygens (including phenoxy) is 2. The zero-order valence-corrected chi connectivity index (χ0v) is 14.2. The molecule has 0 radical (unpaired) electrons. The molecule has 0 saturated carbocycles. The van der Waals surface area contributed by atoms with Crippen LogP contribution in [-0.2, 0) is 11.3 Å². The van der Waals surface area contributed by atoms with Gasteiger partial charge in [0, 0.05) is 25.5 Å². The van der Waals surface area contributed by atoms with Crippen LogP contribution in [0.25, 0.3) is 0 Å². The van der Waals surface area contributed by atoms with E-state index in [4.69, 9.17) is 14.7 Å². The predicted octanol–water partition coefficient (Wildman–Crippen LogP) is 2.80. The van der Waals surface area contributed by atoms with Crippen LogP contribution in [0.5, 0.6) is 11.5 Å². The topological polar surface area (TPSA) is 75.5 Å². The molecule has 0 aliphatic carbocycles. The fourth-order valence-corrected chi connectivity index (χ4v) is 2.22. The van der Waals surface area contributed by atoms with Crippen molar-refractivity contribution in [1.82, 2.24) is 9.88 Å². The molecule has 1 amide bonds. The summed E-state index contributed by atoms with van der Waals surface area (Å²) in [5, 5.41) is 8.80. The Hall–Kier alpha value is -3.07. The van der Waals surface area contributed by atoms with Crippen molar-refractivity contribution >= 4 is 5.91 Å². The number of carbonyl (C=O) groups is 1. The highest BCUT2D eigenvalue weighted by Gasteiger charge is 2.14. The number of amides is 1. The van der Waals surface area contributed by atoms with E-state index in [1.54, 1.807) is 41.6 Å². The summed E-state index contributed by atoms with van der Waals surface area (Å²) in [6, 6.07) is 12.9. The first-order valence-corrected chi connectivity index (χ1v) is 8.12. The van der Waals surface area contributed by atoms with E-state index in [0.29, 0.717) is 25.4 Å². The van der Waals surface area contributed by atoms with Crippen molar-refractivity contribution in [2.75, 3.05) is 19.8 Å². The van der Waals surface area contributed by atoms with Crippen molar-refractivity contribution in [2.24, 2.45) is 0 Å². The Morgan fingerprint density at radius 1 is 1.20 bits per heavy atom. The summed E-state index contributed by atoms with van der Waals surface area (Å²) in [4.78, 5) is 18.1. The zero-order chi connectivity index (χ0) is 17.9. The molecule has 0 unspecified atom stereocenters. The van der Waals surface area contributed by atoms with Gasteiger partial charge < -0.3 is 14.4 Å².